The Bertz CT molecular complexity index is 207. The van der Waals surface area contributed by atoms with Gasteiger partial charge in [0.15, 0.2) is 0 Å². The number of aliphatic hydroxyl groups is 1. The van der Waals surface area contributed by atoms with Crippen LogP contribution in [-0.2, 0) is 0 Å². The molecular formula is C7H8BNO. The molecule has 0 amide bonds. The minimum absolute atomic E-state index is 0.465. The largest absolute Gasteiger partial charge is 0.389 e. The third-order valence-electron chi connectivity index (χ3n) is 1.29. The zero-order chi connectivity index (χ0) is 7.56. The van der Waals surface area contributed by atoms with E-state index in [0.717, 1.165) is 5.56 Å². The second-order valence-corrected chi connectivity index (χ2v) is 2.19. The van der Waals surface area contributed by atoms with Gasteiger partial charge in [0, 0.05) is 6.20 Å². The summed E-state index contributed by atoms with van der Waals surface area (Å²) < 4.78 is 0. The van der Waals surface area contributed by atoms with Gasteiger partial charge < -0.3 is 5.11 Å². The van der Waals surface area contributed by atoms with Gasteiger partial charge in [0.2, 0.25) is 0 Å². The molecule has 2 radical (unpaired) electrons. The number of aliphatic hydroxyl groups excluding tert-OH is 1. The average Bonchev–Trinajstić information content (AvgIpc) is 1.88. The molecule has 0 spiro atoms. The maximum Gasteiger partial charge on any atom is 0.141 e. The molecule has 0 aliphatic rings. The Morgan fingerprint density at radius 1 is 1.60 bits per heavy atom. The lowest BCUT2D eigenvalue weighted by molar-refractivity contribution is 0.199. The Morgan fingerprint density at radius 2 is 2.30 bits per heavy atom. The van der Waals surface area contributed by atoms with Crippen molar-refractivity contribution in [2.24, 2.45) is 0 Å². The van der Waals surface area contributed by atoms with Crippen LogP contribution in [-0.4, -0.2) is 17.9 Å². The molecule has 0 bridgehead atoms. The van der Waals surface area contributed by atoms with Gasteiger partial charge in [-0.3, -0.25) is 4.98 Å². The standard InChI is InChI=1S/C7H8BNO/c1-5(10)6-2-3-7(8)9-4-6/h2-5,10H,1H3. The minimum Gasteiger partial charge on any atom is -0.389 e. The van der Waals surface area contributed by atoms with Gasteiger partial charge in [-0.05, 0) is 18.1 Å². The first-order valence-corrected chi connectivity index (χ1v) is 3.09. The van der Waals surface area contributed by atoms with Crippen molar-refractivity contribution >= 4 is 13.4 Å². The number of hydrogen-bond donors (Lipinski definition) is 1. The van der Waals surface area contributed by atoms with Gasteiger partial charge in [0.1, 0.15) is 7.85 Å². The molecule has 50 valence electrons. The maximum absolute atomic E-state index is 9.03. The van der Waals surface area contributed by atoms with Crippen LogP contribution in [0, 0.1) is 0 Å². The van der Waals surface area contributed by atoms with E-state index in [1.807, 2.05) is 0 Å². The van der Waals surface area contributed by atoms with Gasteiger partial charge in [-0.1, -0.05) is 12.1 Å². The molecule has 0 saturated carbocycles. The van der Waals surface area contributed by atoms with Crippen LogP contribution in [0.25, 0.3) is 0 Å². The van der Waals surface area contributed by atoms with Crippen LogP contribution in [0.4, 0.5) is 0 Å². The number of hydrogen-bond acceptors (Lipinski definition) is 2. The minimum atomic E-state index is -0.465. The summed E-state index contributed by atoms with van der Waals surface area (Å²) in [5.74, 6) is 0. The van der Waals surface area contributed by atoms with Crippen LogP contribution in [0.5, 0.6) is 0 Å². The van der Waals surface area contributed by atoms with E-state index in [1.165, 1.54) is 0 Å². The monoisotopic (exact) mass is 133 g/mol. The molecule has 1 N–H and O–H groups in total. The summed E-state index contributed by atoms with van der Waals surface area (Å²) in [7, 11) is 5.33. The van der Waals surface area contributed by atoms with Crippen LogP contribution in [0.15, 0.2) is 18.3 Å². The molecule has 1 atom stereocenters. The van der Waals surface area contributed by atoms with Gasteiger partial charge in [-0.15, -0.1) is 0 Å². The fraction of sp³-hybridized carbons (Fsp3) is 0.286. The number of nitrogens with zero attached hydrogens (tertiary/aromatic N) is 1. The molecule has 0 fully saturated rings. The van der Waals surface area contributed by atoms with Crippen LogP contribution < -0.4 is 5.59 Å². The lowest BCUT2D eigenvalue weighted by atomic mass is 10.0. The zero-order valence-corrected chi connectivity index (χ0v) is 5.78. The van der Waals surface area contributed by atoms with Crippen LogP contribution in [0.1, 0.15) is 18.6 Å². The quantitative estimate of drug-likeness (QED) is 0.544. The Labute approximate surface area is 61.3 Å². The Morgan fingerprint density at radius 3 is 2.70 bits per heavy atom. The predicted octanol–water partition coefficient (Wildman–Crippen LogP) is -0.0713. The Hall–Kier alpha value is -0.825. The molecule has 1 aromatic rings. The summed E-state index contributed by atoms with van der Waals surface area (Å²) in [6.07, 6.45) is 1.10. The van der Waals surface area contributed by atoms with Crippen LogP contribution >= 0.6 is 0 Å². The highest BCUT2D eigenvalue weighted by Gasteiger charge is 1.97. The van der Waals surface area contributed by atoms with Crippen LogP contribution in [0.2, 0.25) is 0 Å². The summed E-state index contributed by atoms with van der Waals surface area (Å²) in [5.41, 5.74) is 1.26. The van der Waals surface area contributed by atoms with Gasteiger partial charge in [-0.2, -0.15) is 0 Å². The molecule has 0 aliphatic carbocycles. The fourth-order valence-corrected chi connectivity index (χ4v) is 0.664. The molecule has 0 saturated heterocycles. The molecular weight excluding hydrogens is 125 g/mol. The lowest BCUT2D eigenvalue weighted by Gasteiger charge is -2.02. The molecule has 1 rings (SSSR count). The lowest BCUT2D eigenvalue weighted by Crippen LogP contribution is -2.07. The number of aromatic nitrogens is 1. The molecule has 3 heteroatoms. The van der Waals surface area contributed by atoms with Crippen molar-refractivity contribution in [2.75, 3.05) is 0 Å². The summed E-state index contributed by atoms with van der Waals surface area (Å²) in [4.78, 5) is 3.82. The SMILES string of the molecule is [B]c1ccc(C(C)O)cn1. The van der Waals surface area contributed by atoms with Gasteiger partial charge in [-0.25, -0.2) is 0 Å². The fourth-order valence-electron chi connectivity index (χ4n) is 0.664. The normalized spacial score (nSPS) is 13.0. The van der Waals surface area contributed by atoms with Gasteiger partial charge in [0.05, 0.1) is 6.10 Å². The second-order valence-electron chi connectivity index (χ2n) is 2.19. The number of pyridine rings is 1. The topological polar surface area (TPSA) is 33.1 Å². The average molecular weight is 133 g/mol. The molecule has 1 aromatic heterocycles. The Balaban J connectivity index is 2.89. The predicted molar refractivity (Wildman–Crippen MR) is 40.3 cm³/mol. The first kappa shape index (κ1) is 7.28. The smallest absolute Gasteiger partial charge is 0.141 e. The van der Waals surface area contributed by atoms with Crippen LogP contribution in [0.3, 0.4) is 0 Å². The van der Waals surface area contributed by atoms with Crippen molar-refractivity contribution in [1.82, 2.24) is 4.98 Å². The van der Waals surface area contributed by atoms with E-state index in [-0.39, 0.29) is 0 Å². The van der Waals surface area contributed by atoms with Crippen molar-refractivity contribution in [3.63, 3.8) is 0 Å². The van der Waals surface area contributed by atoms with Crippen molar-refractivity contribution < 1.29 is 5.11 Å². The van der Waals surface area contributed by atoms with Gasteiger partial charge >= 0.3 is 0 Å². The van der Waals surface area contributed by atoms with E-state index >= 15 is 0 Å². The molecule has 0 aliphatic heterocycles. The van der Waals surface area contributed by atoms with E-state index in [9.17, 15) is 0 Å². The molecule has 1 heterocycles. The summed E-state index contributed by atoms with van der Waals surface area (Å²) in [6, 6.07) is 3.43. The number of rotatable bonds is 1. The van der Waals surface area contributed by atoms with Gasteiger partial charge in [0.25, 0.3) is 0 Å². The van der Waals surface area contributed by atoms with Crippen molar-refractivity contribution in [1.29, 1.82) is 0 Å². The highest BCUT2D eigenvalue weighted by atomic mass is 16.3. The third kappa shape index (κ3) is 1.58. The third-order valence-corrected chi connectivity index (χ3v) is 1.29. The van der Waals surface area contributed by atoms with Crippen molar-refractivity contribution in [2.45, 2.75) is 13.0 Å². The van der Waals surface area contributed by atoms with Crippen molar-refractivity contribution in [3.8, 4) is 0 Å². The Kier molecular flexibility index (Phi) is 2.07. The van der Waals surface area contributed by atoms with E-state index in [0.29, 0.717) is 5.59 Å². The summed E-state index contributed by atoms with van der Waals surface area (Å²) >= 11 is 0. The van der Waals surface area contributed by atoms with E-state index in [2.05, 4.69) is 4.98 Å². The first-order valence-electron chi connectivity index (χ1n) is 3.09. The highest BCUT2D eigenvalue weighted by molar-refractivity contribution is 6.30. The molecule has 0 aromatic carbocycles. The first-order chi connectivity index (χ1) is 4.70. The summed E-state index contributed by atoms with van der Waals surface area (Å²) in [5, 5.41) is 9.03. The highest BCUT2D eigenvalue weighted by Crippen LogP contribution is 2.06. The van der Waals surface area contributed by atoms with E-state index in [4.69, 9.17) is 13.0 Å². The molecule has 10 heavy (non-hydrogen) atoms. The van der Waals surface area contributed by atoms with E-state index in [1.54, 1.807) is 25.3 Å². The molecule has 2 nitrogen and oxygen atoms in total. The van der Waals surface area contributed by atoms with E-state index < -0.39 is 6.10 Å². The second kappa shape index (κ2) is 2.84. The summed E-state index contributed by atoms with van der Waals surface area (Å²) in [6.45, 7) is 1.69. The molecule has 1 unspecified atom stereocenters. The van der Waals surface area contributed by atoms with Crippen molar-refractivity contribution in [3.05, 3.63) is 23.9 Å². The zero-order valence-electron chi connectivity index (χ0n) is 5.78. The maximum atomic E-state index is 9.03.